The average molecular weight is 710 g/mol. The Balaban J connectivity index is 0.000000281. The largest absolute Gasteiger partial charge is 2.00 e. The zero-order chi connectivity index (χ0) is 28.2. The predicted octanol–water partition coefficient (Wildman–Crippen LogP) is 4.54. The molecule has 0 amide bonds. The molecule has 1 atom stereocenters. The Kier molecular flexibility index (Phi) is 15.6. The van der Waals surface area contributed by atoms with Crippen LogP contribution in [0.15, 0.2) is 120 Å². The minimum absolute atomic E-state index is 0. The molecule has 1 aromatic heterocycles. The van der Waals surface area contributed by atoms with E-state index in [0.717, 1.165) is 11.9 Å². The first kappa shape index (κ1) is 35.2. The SMILES string of the molecule is CCNC([S-])N/N=C/c1cc2cc(OC)ccc2nc1[O-].Cl.[Pd+2].c1ccc(P(c2ccccc2)c2ccccc2)cc1. The monoisotopic (exact) mass is 708 g/mol. The van der Waals surface area contributed by atoms with E-state index in [-0.39, 0.29) is 44.2 Å². The standard InChI is InChI=1S/C18H15P.C14H18N4O2S.ClH.Pd/c1-4-10-16(11-5-1)19(17-12-6-2-7-13-17)18-14-8-3-9-15-18;1-3-15-14(21)18-16-8-10-6-9-7-11(20-2)4-5-12(9)17-13(10)19;;/h1-15H;4-8,14-15,18,21H,3H2,1-2H3,(H,17,19);1H;/q;;;+2/p-2/b;16-8+;;. The van der Waals surface area contributed by atoms with Crippen molar-refractivity contribution in [2.45, 2.75) is 12.4 Å². The first-order valence-corrected chi connectivity index (χ1v) is 14.7. The van der Waals surface area contributed by atoms with E-state index in [1.165, 1.54) is 22.1 Å². The molecule has 4 aromatic carbocycles. The van der Waals surface area contributed by atoms with Crippen LogP contribution in [0, 0.1) is 0 Å². The van der Waals surface area contributed by atoms with Gasteiger partial charge in [0.2, 0.25) is 0 Å². The zero-order valence-electron chi connectivity index (χ0n) is 23.1. The molecular weight excluding hydrogens is 677 g/mol. The van der Waals surface area contributed by atoms with Gasteiger partial charge in [0.05, 0.1) is 18.8 Å². The summed E-state index contributed by atoms with van der Waals surface area (Å²) >= 11 is 5.05. The van der Waals surface area contributed by atoms with Crippen molar-refractivity contribution in [3.8, 4) is 11.6 Å². The number of halogens is 1. The number of hydrazone groups is 1. The summed E-state index contributed by atoms with van der Waals surface area (Å²) in [6.07, 6.45) is 1.42. The van der Waals surface area contributed by atoms with E-state index in [2.05, 4.69) is 112 Å². The second-order valence-corrected chi connectivity index (χ2v) is 11.3. The van der Waals surface area contributed by atoms with Gasteiger partial charge in [-0.15, -0.1) is 12.4 Å². The molecule has 10 heteroatoms. The molecule has 0 spiro atoms. The van der Waals surface area contributed by atoms with Gasteiger partial charge in [-0.2, -0.15) is 5.10 Å². The Morgan fingerprint density at radius 2 is 1.40 bits per heavy atom. The molecule has 42 heavy (non-hydrogen) atoms. The van der Waals surface area contributed by atoms with Crippen molar-refractivity contribution in [1.29, 1.82) is 0 Å². The molecule has 0 bridgehead atoms. The molecule has 0 aliphatic heterocycles. The van der Waals surface area contributed by atoms with E-state index in [4.69, 9.17) is 17.4 Å². The summed E-state index contributed by atoms with van der Waals surface area (Å²) in [5, 5.41) is 23.8. The summed E-state index contributed by atoms with van der Waals surface area (Å²) in [6.45, 7) is 2.68. The predicted molar refractivity (Wildman–Crippen MR) is 176 cm³/mol. The van der Waals surface area contributed by atoms with Crippen molar-refractivity contribution < 1.29 is 30.3 Å². The maximum Gasteiger partial charge on any atom is 2.00 e. The summed E-state index contributed by atoms with van der Waals surface area (Å²) in [4.78, 5) is 4.01. The van der Waals surface area contributed by atoms with Crippen LogP contribution in [0.4, 0.5) is 0 Å². The van der Waals surface area contributed by atoms with Crippen LogP contribution in [0.5, 0.6) is 11.6 Å². The van der Waals surface area contributed by atoms with Gasteiger partial charge in [0.25, 0.3) is 0 Å². The normalized spacial score (nSPS) is 11.1. The van der Waals surface area contributed by atoms with Crippen LogP contribution in [0.25, 0.3) is 10.9 Å². The van der Waals surface area contributed by atoms with Crippen LogP contribution in [0.1, 0.15) is 12.5 Å². The molecule has 220 valence electrons. The van der Waals surface area contributed by atoms with E-state index in [1.54, 1.807) is 25.3 Å². The van der Waals surface area contributed by atoms with Crippen LogP contribution in [-0.2, 0) is 33.1 Å². The van der Waals surface area contributed by atoms with Crippen LogP contribution in [0.3, 0.4) is 0 Å². The van der Waals surface area contributed by atoms with Crippen LogP contribution in [-0.4, -0.2) is 30.4 Å². The molecule has 0 saturated carbocycles. The Morgan fingerprint density at radius 1 is 0.881 bits per heavy atom. The average Bonchev–Trinajstić information content (AvgIpc) is 2.99. The number of hydrogen-bond donors (Lipinski definition) is 2. The third-order valence-electron chi connectivity index (χ3n) is 5.84. The maximum atomic E-state index is 11.9. The fourth-order valence-corrected chi connectivity index (χ4v) is 6.49. The number of pyridine rings is 1. The first-order chi connectivity index (χ1) is 19.6. The molecule has 1 heterocycles. The second kappa shape index (κ2) is 18.6. The molecular formula is C32H32ClN4O2PPdS. The Labute approximate surface area is 274 Å². The summed E-state index contributed by atoms with van der Waals surface area (Å²) in [5.41, 5.74) is 3.35. The first-order valence-electron chi connectivity index (χ1n) is 12.9. The second-order valence-electron chi connectivity index (χ2n) is 8.61. The summed E-state index contributed by atoms with van der Waals surface area (Å²) in [6, 6.07) is 39.4. The molecule has 6 nitrogen and oxygen atoms in total. The Hall–Kier alpha value is -2.95. The zero-order valence-corrected chi connectivity index (χ0v) is 27.2. The fourth-order valence-electron chi connectivity index (χ4n) is 3.96. The number of ether oxygens (including phenoxy) is 1. The maximum absolute atomic E-state index is 11.9. The van der Waals surface area contributed by atoms with Gasteiger partial charge in [-0.3, -0.25) is 4.98 Å². The summed E-state index contributed by atoms with van der Waals surface area (Å²) < 4.78 is 5.16. The molecule has 5 rings (SSSR count). The van der Waals surface area contributed by atoms with Gasteiger partial charge in [0.15, 0.2) is 0 Å². The van der Waals surface area contributed by atoms with Crippen molar-refractivity contribution in [1.82, 2.24) is 15.7 Å². The van der Waals surface area contributed by atoms with Gasteiger partial charge in [-0.05, 0) is 66.0 Å². The number of nitrogens with one attached hydrogen (secondary N) is 2. The number of rotatable bonds is 9. The smallest absolute Gasteiger partial charge is 0.858 e. The number of methoxy groups -OCH3 is 1. The number of hydrogen-bond acceptors (Lipinski definition) is 7. The van der Waals surface area contributed by atoms with Gasteiger partial charge in [-0.1, -0.05) is 97.9 Å². The topological polar surface area (TPSA) is 81.6 Å². The van der Waals surface area contributed by atoms with E-state index in [0.29, 0.717) is 16.8 Å². The van der Waals surface area contributed by atoms with Gasteiger partial charge >= 0.3 is 20.4 Å². The molecule has 0 radical (unpaired) electrons. The van der Waals surface area contributed by atoms with Gasteiger partial charge in [0, 0.05) is 10.9 Å². The van der Waals surface area contributed by atoms with Gasteiger partial charge in [0.1, 0.15) is 5.75 Å². The number of fused-ring (bicyclic) bond motifs is 1. The Morgan fingerprint density at radius 3 is 1.88 bits per heavy atom. The third-order valence-corrected chi connectivity index (χ3v) is 8.56. The molecule has 1 unspecified atom stereocenters. The molecule has 5 aromatic rings. The number of nitrogens with zero attached hydrogens (tertiary/aromatic N) is 2. The quantitative estimate of drug-likeness (QED) is 0.0585. The molecule has 0 aliphatic carbocycles. The van der Waals surface area contributed by atoms with Gasteiger partial charge in [-0.25, -0.2) is 0 Å². The minimum Gasteiger partial charge on any atom is -0.858 e. The molecule has 0 aliphatic rings. The number of aromatic nitrogens is 1. The van der Waals surface area contributed by atoms with Crippen molar-refractivity contribution in [3.05, 3.63) is 121 Å². The van der Waals surface area contributed by atoms with E-state index in [1.807, 2.05) is 13.0 Å². The van der Waals surface area contributed by atoms with Crippen LogP contribution >= 0.6 is 20.3 Å². The van der Waals surface area contributed by atoms with E-state index in [9.17, 15) is 5.11 Å². The molecule has 0 saturated heterocycles. The third kappa shape index (κ3) is 10.1. The van der Waals surface area contributed by atoms with E-state index < -0.39 is 7.92 Å². The van der Waals surface area contributed by atoms with Crippen molar-refractivity contribution in [3.63, 3.8) is 0 Å². The summed E-state index contributed by atoms with van der Waals surface area (Å²) in [7, 11) is 1.14. The summed E-state index contributed by atoms with van der Waals surface area (Å²) in [5.74, 6) is 0.379. The van der Waals surface area contributed by atoms with Crippen molar-refractivity contribution >= 4 is 66.0 Å². The molecule has 2 N–H and O–H groups in total. The molecule has 0 fully saturated rings. The number of benzene rings is 4. The van der Waals surface area contributed by atoms with Crippen LogP contribution in [0.2, 0.25) is 0 Å². The minimum atomic E-state index is -0.446. The van der Waals surface area contributed by atoms with Crippen LogP contribution < -0.4 is 36.5 Å². The van der Waals surface area contributed by atoms with E-state index >= 15 is 0 Å². The van der Waals surface area contributed by atoms with Crippen molar-refractivity contribution in [2.24, 2.45) is 5.10 Å². The Bertz CT molecular complexity index is 1430. The van der Waals surface area contributed by atoms with Crippen molar-refractivity contribution in [2.75, 3.05) is 13.7 Å². The fraction of sp³-hybridized carbons (Fsp3) is 0.125. The van der Waals surface area contributed by atoms with Gasteiger partial charge < -0.3 is 33.2 Å².